The smallest absolute Gasteiger partial charge is 0.134 e. The van der Waals surface area contributed by atoms with Crippen molar-refractivity contribution in [1.82, 2.24) is 9.97 Å². The number of rotatable bonds is 4. The lowest BCUT2D eigenvalue weighted by Gasteiger charge is -2.36. The monoisotopic (exact) mass is 329 g/mol. The molecule has 0 bridgehead atoms. The van der Waals surface area contributed by atoms with E-state index in [2.05, 4.69) is 37.2 Å². The Bertz CT molecular complexity index is 680. The molecule has 1 saturated carbocycles. The summed E-state index contributed by atoms with van der Waals surface area (Å²) in [5.74, 6) is 1.95. The molecule has 0 unspecified atom stereocenters. The summed E-state index contributed by atoms with van der Waals surface area (Å²) in [7, 11) is 0. The Morgan fingerprint density at radius 2 is 1.78 bits per heavy atom. The van der Waals surface area contributed by atoms with Crippen LogP contribution in [0.2, 0.25) is 5.02 Å². The van der Waals surface area contributed by atoms with Crippen molar-refractivity contribution >= 4 is 28.9 Å². The first-order chi connectivity index (χ1) is 11.3. The molecule has 5 nitrogen and oxygen atoms in total. The van der Waals surface area contributed by atoms with Crippen molar-refractivity contribution in [2.75, 3.05) is 41.3 Å². The van der Waals surface area contributed by atoms with Crippen molar-refractivity contribution in [3.63, 3.8) is 0 Å². The second kappa shape index (κ2) is 6.24. The highest BCUT2D eigenvalue weighted by Gasteiger charge is 2.22. The highest BCUT2D eigenvalue weighted by molar-refractivity contribution is 6.30. The van der Waals surface area contributed by atoms with Crippen LogP contribution in [-0.2, 0) is 0 Å². The highest BCUT2D eigenvalue weighted by Crippen LogP contribution is 2.26. The lowest BCUT2D eigenvalue weighted by molar-refractivity contribution is 0.647. The predicted octanol–water partition coefficient (Wildman–Crippen LogP) is 3.03. The van der Waals surface area contributed by atoms with Crippen molar-refractivity contribution in [3.8, 4) is 0 Å². The first kappa shape index (κ1) is 14.6. The number of anilines is 3. The minimum atomic E-state index is 0.609. The molecule has 2 aromatic rings. The summed E-state index contributed by atoms with van der Waals surface area (Å²) < 4.78 is 0. The third-order valence-electron chi connectivity index (χ3n) is 4.36. The van der Waals surface area contributed by atoms with Gasteiger partial charge < -0.3 is 15.1 Å². The van der Waals surface area contributed by atoms with Gasteiger partial charge in [0, 0.05) is 49.0 Å². The Labute approximate surface area is 141 Å². The van der Waals surface area contributed by atoms with Crippen molar-refractivity contribution in [1.29, 1.82) is 0 Å². The second-order valence-corrected chi connectivity index (χ2v) is 6.57. The van der Waals surface area contributed by atoms with Gasteiger partial charge >= 0.3 is 0 Å². The molecule has 23 heavy (non-hydrogen) atoms. The summed E-state index contributed by atoms with van der Waals surface area (Å²) >= 11 is 6.09. The van der Waals surface area contributed by atoms with Crippen LogP contribution in [0, 0.1) is 0 Å². The molecule has 0 radical (unpaired) electrons. The average molecular weight is 330 g/mol. The predicted molar refractivity (Wildman–Crippen MR) is 94.6 cm³/mol. The molecular formula is C17H20ClN5. The Morgan fingerprint density at radius 1 is 1.00 bits per heavy atom. The molecular weight excluding hydrogens is 310 g/mol. The van der Waals surface area contributed by atoms with E-state index < -0.39 is 0 Å². The largest absolute Gasteiger partial charge is 0.368 e. The number of piperazine rings is 1. The van der Waals surface area contributed by atoms with Crippen molar-refractivity contribution in [2.45, 2.75) is 18.9 Å². The molecule has 0 spiro atoms. The first-order valence-electron chi connectivity index (χ1n) is 8.12. The van der Waals surface area contributed by atoms with Gasteiger partial charge in [0.25, 0.3) is 0 Å². The van der Waals surface area contributed by atoms with Crippen LogP contribution in [0.4, 0.5) is 17.3 Å². The van der Waals surface area contributed by atoms with Gasteiger partial charge in [-0.15, -0.1) is 0 Å². The van der Waals surface area contributed by atoms with Gasteiger partial charge in [-0.3, -0.25) is 0 Å². The molecule has 2 fully saturated rings. The third kappa shape index (κ3) is 3.50. The van der Waals surface area contributed by atoms with E-state index in [1.165, 1.54) is 18.5 Å². The van der Waals surface area contributed by atoms with Crippen LogP contribution in [-0.4, -0.2) is 42.2 Å². The van der Waals surface area contributed by atoms with Gasteiger partial charge in [0.1, 0.15) is 18.0 Å². The van der Waals surface area contributed by atoms with Crippen molar-refractivity contribution < 1.29 is 0 Å². The van der Waals surface area contributed by atoms with Gasteiger partial charge in [0.15, 0.2) is 0 Å². The van der Waals surface area contributed by atoms with Crippen LogP contribution in [0.3, 0.4) is 0 Å². The highest BCUT2D eigenvalue weighted by atomic mass is 35.5. The number of hydrogen-bond donors (Lipinski definition) is 1. The maximum absolute atomic E-state index is 6.09. The second-order valence-electron chi connectivity index (χ2n) is 6.13. The molecule has 1 aromatic carbocycles. The van der Waals surface area contributed by atoms with Gasteiger partial charge in [0.05, 0.1) is 0 Å². The van der Waals surface area contributed by atoms with Gasteiger partial charge in [-0.2, -0.15) is 0 Å². The Kier molecular flexibility index (Phi) is 3.95. The fraction of sp³-hybridized carbons (Fsp3) is 0.412. The molecule has 0 atom stereocenters. The third-order valence-corrected chi connectivity index (χ3v) is 4.59. The van der Waals surface area contributed by atoms with Crippen molar-refractivity contribution in [3.05, 3.63) is 41.7 Å². The van der Waals surface area contributed by atoms with Crippen LogP contribution in [0.5, 0.6) is 0 Å². The molecule has 0 amide bonds. The summed E-state index contributed by atoms with van der Waals surface area (Å²) in [6.07, 6.45) is 4.15. The Balaban J connectivity index is 1.41. The fourth-order valence-corrected chi connectivity index (χ4v) is 3.09. The van der Waals surface area contributed by atoms with E-state index >= 15 is 0 Å². The SMILES string of the molecule is Clc1cccc(N2CCN(c3cc(NC4CC4)ncn3)CC2)c1. The quantitative estimate of drug-likeness (QED) is 0.934. The van der Waals surface area contributed by atoms with E-state index in [1.807, 2.05) is 18.2 Å². The number of nitrogens with zero attached hydrogens (tertiary/aromatic N) is 4. The van der Waals surface area contributed by atoms with Crippen LogP contribution >= 0.6 is 11.6 Å². The number of aromatic nitrogens is 2. The Morgan fingerprint density at radius 3 is 2.52 bits per heavy atom. The minimum Gasteiger partial charge on any atom is -0.368 e. The number of halogens is 1. The molecule has 4 rings (SSSR count). The normalized spacial score (nSPS) is 18.1. The van der Waals surface area contributed by atoms with Crippen LogP contribution in [0.25, 0.3) is 0 Å². The maximum atomic E-state index is 6.09. The zero-order valence-electron chi connectivity index (χ0n) is 13.0. The van der Waals surface area contributed by atoms with Gasteiger partial charge in [-0.05, 0) is 31.0 Å². The van der Waals surface area contributed by atoms with Crippen LogP contribution < -0.4 is 15.1 Å². The average Bonchev–Trinajstić information content (AvgIpc) is 3.39. The van der Waals surface area contributed by atoms with E-state index in [0.717, 1.165) is 42.8 Å². The lowest BCUT2D eigenvalue weighted by atomic mass is 10.2. The summed E-state index contributed by atoms with van der Waals surface area (Å²) in [5.41, 5.74) is 1.19. The van der Waals surface area contributed by atoms with Crippen LogP contribution in [0.15, 0.2) is 36.7 Å². The topological polar surface area (TPSA) is 44.3 Å². The zero-order chi connectivity index (χ0) is 15.6. The molecule has 120 valence electrons. The molecule has 1 saturated heterocycles. The van der Waals surface area contributed by atoms with Crippen LogP contribution in [0.1, 0.15) is 12.8 Å². The lowest BCUT2D eigenvalue weighted by Crippen LogP contribution is -2.46. The number of nitrogens with one attached hydrogen (secondary N) is 1. The molecule has 1 aromatic heterocycles. The molecule has 2 heterocycles. The van der Waals surface area contributed by atoms with Gasteiger partial charge in [-0.1, -0.05) is 17.7 Å². The summed E-state index contributed by atoms with van der Waals surface area (Å²) in [6, 6.07) is 10.7. The van der Waals surface area contributed by atoms with Gasteiger partial charge in [-0.25, -0.2) is 9.97 Å². The summed E-state index contributed by atoms with van der Waals surface area (Å²) in [4.78, 5) is 13.4. The molecule has 2 aliphatic rings. The molecule has 1 aliphatic carbocycles. The number of hydrogen-bond acceptors (Lipinski definition) is 5. The zero-order valence-corrected chi connectivity index (χ0v) is 13.7. The van der Waals surface area contributed by atoms with E-state index in [0.29, 0.717) is 6.04 Å². The summed E-state index contributed by atoms with van der Waals surface area (Å²) in [5, 5.41) is 4.22. The summed E-state index contributed by atoms with van der Waals surface area (Å²) in [6.45, 7) is 3.84. The van der Waals surface area contributed by atoms with E-state index in [-0.39, 0.29) is 0 Å². The van der Waals surface area contributed by atoms with E-state index in [4.69, 9.17) is 11.6 Å². The standard InChI is InChI=1S/C17H20ClN5/c18-13-2-1-3-15(10-13)22-6-8-23(9-7-22)17-11-16(19-12-20-17)21-14-4-5-14/h1-3,10-12,14H,4-9H2,(H,19,20,21). The van der Waals surface area contributed by atoms with E-state index in [9.17, 15) is 0 Å². The molecule has 1 aliphatic heterocycles. The van der Waals surface area contributed by atoms with Crippen molar-refractivity contribution in [2.24, 2.45) is 0 Å². The minimum absolute atomic E-state index is 0.609. The Hall–Kier alpha value is -2.01. The number of benzene rings is 1. The fourth-order valence-electron chi connectivity index (χ4n) is 2.90. The molecule has 1 N–H and O–H groups in total. The van der Waals surface area contributed by atoms with Gasteiger partial charge in [0.2, 0.25) is 0 Å². The molecule has 6 heteroatoms. The maximum Gasteiger partial charge on any atom is 0.134 e. The van der Waals surface area contributed by atoms with E-state index in [1.54, 1.807) is 6.33 Å². The first-order valence-corrected chi connectivity index (χ1v) is 8.50.